The van der Waals surface area contributed by atoms with Crippen LogP contribution in [0.25, 0.3) is 0 Å². The maximum absolute atomic E-state index is 13.7. The first-order chi connectivity index (χ1) is 14.5. The first kappa shape index (κ1) is 24.3. The number of carbonyl (C=O) groups excluding carboxylic acids is 2. The van der Waals surface area contributed by atoms with Crippen LogP contribution in [0.2, 0.25) is 0 Å². The average molecular weight is 454 g/mol. The molecule has 0 fully saturated rings. The Labute approximate surface area is 180 Å². The Morgan fingerprint density at radius 1 is 1.10 bits per heavy atom. The van der Waals surface area contributed by atoms with Gasteiger partial charge in [-0.1, -0.05) is 24.3 Å². The maximum Gasteiger partial charge on any atom is 0.244 e. The van der Waals surface area contributed by atoms with E-state index in [4.69, 9.17) is 0 Å². The van der Waals surface area contributed by atoms with Crippen molar-refractivity contribution >= 4 is 27.5 Å². The van der Waals surface area contributed by atoms with Crippen molar-refractivity contribution in [2.45, 2.75) is 26.4 Å². The van der Waals surface area contributed by atoms with E-state index in [1.165, 1.54) is 18.9 Å². The number of nitrogens with one attached hydrogen (secondary N) is 1. The van der Waals surface area contributed by atoms with E-state index in [-0.39, 0.29) is 12.2 Å². The average Bonchev–Trinajstić information content (AvgIpc) is 2.71. The second kappa shape index (κ2) is 9.86. The number of rotatable bonds is 8. The molecule has 31 heavy (non-hydrogen) atoms. The van der Waals surface area contributed by atoms with Crippen molar-refractivity contribution < 1.29 is 26.8 Å². The van der Waals surface area contributed by atoms with Crippen LogP contribution in [0, 0.1) is 18.6 Å². The first-order valence-corrected chi connectivity index (χ1v) is 11.3. The fraction of sp³-hybridized carbons (Fsp3) is 0.333. The molecule has 0 aromatic heterocycles. The summed E-state index contributed by atoms with van der Waals surface area (Å²) in [4.78, 5) is 26.7. The van der Waals surface area contributed by atoms with Gasteiger partial charge >= 0.3 is 0 Å². The van der Waals surface area contributed by atoms with Gasteiger partial charge in [0.25, 0.3) is 0 Å². The number of amides is 2. The number of carbonyl (C=O) groups is 2. The van der Waals surface area contributed by atoms with Crippen molar-refractivity contribution in [3.05, 3.63) is 65.2 Å². The van der Waals surface area contributed by atoms with E-state index in [2.05, 4.69) is 5.32 Å². The molecular weight excluding hydrogens is 428 g/mol. The predicted octanol–water partition coefficient (Wildman–Crippen LogP) is 2.20. The highest BCUT2D eigenvalue weighted by molar-refractivity contribution is 7.92. The Morgan fingerprint density at radius 3 is 2.29 bits per heavy atom. The summed E-state index contributed by atoms with van der Waals surface area (Å²) in [6.07, 6.45) is 0.857. The summed E-state index contributed by atoms with van der Waals surface area (Å²) in [6, 6.07) is 8.94. The summed E-state index contributed by atoms with van der Waals surface area (Å²) < 4.78 is 52.3. The van der Waals surface area contributed by atoms with Crippen LogP contribution < -0.4 is 9.62 Å². The quantitative estimate of drug-likeness (QED) is 0.664. The van der Waals surface area contributed by atoms with Gasteiger partial charge in [0, 0.05) is 19.7 Å². The summed E-state index contributed by atoms with van der Waals surface area (Å²) in [7, 11) is -2.58. The number of likely N-dealkylation sites (N-methyl/N-ethyl adjacent to an activating group) is 1. The number of aryl methyl sites for hydroxylation is 1. The molecule has 0 unspecified atom stereocenters. The topological polar surface area (TPSA) is 86.8 Å². The zero-order valence-corrected chi connectivity index (χ0v) is 18.5. The van der Waals surface area contributed by atoms with E-state index in [9.17, 15) is 26.8 Å². The highest BCUT2D eigenvalue weighted by Crippen LogP contribution is 2.22. The standard InChI is InChI=1S/C21H25F2N3O4S/c1-14-7-5-6-8-16(14)12-25(15(2)21(28)24-3)20(27)13-26(31(4,29)30)17-9-10-18(22)19(23)11-17/h5-11,15H,12-13H2,1-4H3,(H,24,28)/t15-/m1/s1. The molecule has 0 aliphatic carbocycles. The van der Waals surface area contributed by atoms with Gasteiger partial charge in [-0.15, -0.1) is 0 Å². The van der Waals surface area contributed by atoms with Gasteiger partial charge in [0.1, 0.15) is 12.6 Å². The molecule has 2 aromatic carbocycles. The number of halogens is 2. The molecule has 0 spiro atoms. The number of sulfonamides is 1. The lowest BCUT2D eigenvalue weighted by Gasteiger charge is -2.31. The molecule has 0 bridgehead atoms. The minimum absolute atomic E-state index is 0.0650. The van der Waals surface area contributed by atoms with E-state index in [1.807, 2.05) is 19.1 Å². The number of benzene rings is 2. The molecule has 1 atom stereocenters. The Hall–Kier alpha value is -3.01. The van der Waals surface area contributed by atoms with E-state index >= 15 is 0 Å². The molecule has 2 amide bonds. The summed E-state index contributed by atoms with van der Waals surface area (Å²) in [5.74, 6) is -3.48. The van der Waals surface area contributed by atoms with Gasteiger partial charge in [-0.2, -0.15) is 0 Å². The van der Waals surface area contributed by atoms with Crippen molar-refractivity contribution in [2.24, 2.45) is 0 Å². The van der Waals surface area contributed by atoms with Crippen molar-refractivity contribution in [1.29, 1.82) is 0 Å². The highest BCUT2D eigenvalue weighted by atomic mass is 32.2. The first-order valence-electron chi connectivity index (χ1n) is 9.44. The second-order valence-electron chi connectivity index (χ2n) is 7.11. The zero-order valence-electron chi connectivity index (χ0n) is 17.7. The molecule has 0 saturated carbocycles. The largest absolute Gasteiger partial charge is 0.357 e. The smallest absolute Gasteiger partial charge is 0.244 e. The molecule has 7 nitrogen and oxygen atoms in total. The van der Waals surface area contributed by atoms with Crippen molar-refractivity contribution in [3.63, 3.8) is 0 Å². The molecule has 0 saturated heterocycles. The molecule has 0 aliphatic heterocycles. The third kappa shape index (κ3) is 6.00. The molecule has 0 radical (unpaired) electrons. The lowest BCUT2D eigenvalue weighted by atomic mass is 10.1. The molecule has 0 heterocycles. The Kier molecular flexibility index (Phi) is 7.72. The van der Waals surface area contributed by atoms with Gasteiger partial charge < -0.3 is 10.2 Å². The van der Waals surface area contributed by atoms with Crippen LogP contribution in [0.5, 0.6) is 0 Å². The summed E-state index contributed by atoms with van der Waals surface area (Å²) >= 11 is 0. The molecule has 1 N–H and O–H groups in total. The van der Waals surface area contributed by atoms with E-state index in [0.717, 1.165) is 29.5 Å². The van der Waals surface area contributed by atoms with E-state index in [0.29, 0.717) is 10.4 Å². The fourth-order valence-corrected chi connectivity index (χ4v) is 3.86. The molecule has 2 aromatic rings. The molecule has 2 rings (SSSR count). The van der Waals surface area contributed by atoms with Crippen LogP contribution in [0.1, 0.15) is 18.1 Å². The van der Waals surface area contributed by atoms with Gasteiger partial charge in [-0.25, -0.2) is 17.2 Å². The Balaban J connectivity index is 2.42. The number of anilines is 1. The van der Waals surface area contributed by atoms with Crippen molar-refractivity contribution in [2.75, 3.05) is 24.2 Å². The lowest BCUT2D eigenvalue weighted by molar-refractivity contribution is -0.139. The van der Waals surface area contributed by atoms with Gasteiger partial charge in [0.15, 0.2) is 11.6 Å². The van der Waals surface area contributed by atoms with Gasteiger partial charge in [-0.3, -0.25) is 13.9 Å². The molecule has 10 heteroatoms. The molecule has 168 valence electrons. The zero-order chi connectivity index (χ0) is 23.3. The van der Waals surface area contributed by atoms with Crippen LogP contribution in [-0.4, -0.2) is 51.0 Å². The Bertz CT molecular complexity index is 1080. The minimum Gasteiger partial charge on any atom is -0.357 e. The van der Waals surface area contributed by atoms with E-state index in [1.54, 1.807) is 12.1 Å². The monoisotopic (exact) mass is 453 g/mol. The highest BCUT2D eigenvalue weighted by Gasteiger charge is 2.30. The van der Waals surface area contributed by atoms with Crippen molar-refractivity contribution in [1.82, 2.24) is 10.2 Å². The van der Waals surface area contributed by atoms with Crippen LogP contribution in [0.15, 0.2) is 42.5 Å². The van der Waals surface area contributed by atoms with Gasteiger partial charge in [-0.05, 0) is 37.1 Å². The summed E-state index contributed by atoms with van der Waals surface area (Å²) in [5.41, 5.74) is 1.48. The number of hydrogen-bond donors (Lipinski definition) is 1. The SMILES string of the molecule is CNC(=O)[C@@H](C)N(Cc1ccccc1C)C(=O)CN(c1ccc(F)c(F)c1)S(C)(=O)=O. The van der Waals surface area contributed by atoms with Crippen LogP contribution in [-0.2, 0) is 26.2 Å². The predicted molar refractivity (Wildman–Crippen MR) is 114 cm³/mol. The third-order valence-electron chi connectivity index (χ3n) is 4.89. The number of hydrogen-bond acceptors (Lipinski definition) is 4. The van der Waals surface area contributed by atoms with E-state index < -0.39 is 46.1 Å². The maximum atomic E-state index is 13.7. The third-order valence-corrected chi connectivity index (χ3v) is 6.03. The molecule has 0 aliphatic rings. The normalized spacial score (nSPS) is 12.2. The van der Waals surface area contributed by atoms with Crippen LogP contribution >= 0.6 is 0 Å². The van der Waals surface area contributed by atoms with Crippen LogP contribution in [0.4, 0.5) is 14.5 Å². The lowest BCUT2D eigenvalue weighted by Crippen LogP contribution is -2.50. The molecular formula is C21H25F2N3O4S. The fourth-order valence-electron chi connectivity index (χ4n) is 3.02. The number of nitrogens with zero attached hydrogens (tertiary/aromatic N) is 2. The summed E-state index contributed by atoms with van der Waals surface area (Å²) in [6.45, 7) is 2.76. The van der Waals surface area contributed by atoms with Crippen molar-refractivity contribution in [3.8, 4) is 0 Å². The van der Waals surface area contributed by atoms with Gasteiger partial charge in [0.2, 0.25) is 21.8 Å². The van der Waals surface area contributed by atoms with Crippen LogP contribution in [0.3, 0.4) is 0 Å². The summed E-state index contributed by atoms with van der Waals surface area (Å²) in [5, 5.41) is 2.47. The Morgan fingerprint density at radius 2 is 1.74 bits per heavy atom. The minimum atomic E-state index is -4.01. The van der Waals surface area contributed by atoms with Gasteiger partial charge in [0.05, 0.1) is 11.9 Å². The second-order valence-corrected chi connectivity index (χ2v) is 9.01.